The molecule has 0 saturated carbocycles. The van der Waals surface area contributed by atoms with Gasteiger partial charge in [-0.05, 0) is 25.2 Å². The molecule has 1 aliphatic rings. The lowest BCUT2D eigenvalue weighted by Crippen LogP contribution is -2.48. The van der Waals surface area contributed by atoms with Gasteiger partial charge in [-0.2, -0.15) is 0 Å². The molecule has 0 aromatic heterocycles. The summed E-state index contributed by atoms with van der Waals surface area (Å²) in [7, 11) is 1.97. The Morgan fingerprint density at radius 3 is 2.95 bits per heavy atom. The van der Waals surface area contributed by atoms with Gasteiger partial charge in [0.15, 0.2) is 0 Å². The van der Waals surface area contributed by atoms with Crippen LogP contribution in [0.1, 0.15) is 0 Å². The number of benzene rings is 1. The number of thioether (sulfide) groups is 1. The van der Waals surface area contributed by atoms with Crippen LogP contribution in [0.2, 0.25) is 10.0 Å². The third-order valence-corrected chi connectivity index (χ3v) is 5.40. The first-order valence-electron chi connectivity index (χ1n) is 6.18. The first-order valence-corrected chi connectivity index (χ1v) is 8.50. The van der Waals surface area contributed by atoms with E-state index < -0.39 is 0 Å². The van der Waals surface area contributed by atoms with E-state index in [1.165, 1.54) is 0 Å². The van der Waals surface area contributed by atoms with Gasteiger partial charge in [0.25, 0.3) is 5.91 Å². The Bertz CT molecular complexity index is 520. The van der Waals surface area contributed by atoms with Gasteiger partial charge in [0.1, 0.15) is 4.71 Å². The average molecular weight is 367 g/mol. The predicted octanol–water partition coefficient (Wildman–Crippen LogP) is 2.55. The van der Waals surface area contributed by atoms with Crippen LogP contribution in [-0.2, 0) is 4.79 Å². The molecule has 0 spiro atoms. The highest BCUT2D eigenvalue weighted by molar-refractivity contribution is 8.10. The summed E-state index contributed by atoms with van der Waals surface area (Å²) in [6, 6.07) is 5.02. The minimum Gasteiger partial charge on any atom is -0.297 e. The monoisotopic (exact) mass is 366 g/mol. The summed E-state index contributed by atoms with van der Waals surface area (Å²) in [5, 5.41) is 1.00. The highest BCUT2D eigenvalue weighted by Gasteiger charge is 2.22. The number of carbonyl (C=O) groups excluding carboxylic acids is 1. The van der Waals surface area contributed by atoms with Crippen LogP contribution in [0.5, 0.6) is 0 Å². The maximum atomic E-state index is 11.9. The number of hydrazine groups is 1. The van der Waals surface area contributed by atoms with E-state index in [9.17, 15) is 4.79 Å². The second kappa shape index (κ2) is 7.80. The quantitative estimate of drug-likeness (QED) is 0.564. The van der Waals surface area contributed by atoms with E-state index in [0.717, 1.165) is 5.88 Å². The number of thiol groups is 1. The van der Waals surface area contributed by atoms with Crippen molar-refractivity contribution in [2.75, 3.05) is 31.6 Å². The number of hydrogen-bond acceptors (Lipinski definition) is 6. The molecule has 2 N–H and O–H groups in total. The summed E-state index contributed by atoms with van der Waals surface area (Å²) in [6.45, 7) is 1.01. The summed E-state index contributed by atoms with van der Waals surface area (Å²) in [5.74, 6) is 0.640. The Morgan fingerprint density at radius 2 is 2.29 bits per heavy atom. The molecule has 9 heteroatoms. The van der Waals surface area contributed by atoms with Gasteiger partial charge in [-0.15, -0.1) is 24.4 Å². The molecule has 1 amide bonds. The summed E-state index contributed by atoms with van der Waals surface area (Å²) in [5.41, 5.74) is 6.03. The molecule has 1 atom stereocenters. The number of nitrogens with one attached hydrogen (secondary N) is 2. The molecular weight excluding hydrogens is 351 g/mol. The van der Waals surface area contributed by atoms with Gasteiger partial charge in [-0.25, -0.2) is 0 Å². The van der Waals surface area contributed by atoms with E-state index in [1.807, 2.05) is 11.9 Å². The number of rotatable bonds is 4. The van der Waals surface area contributed by atoms with Crippen molar-refractivity contribution in [3.8, 4) is 0 Å². The minimum atomic E-state index is -0.132. The number of halogens is 2. The second-order valence-electron chi connectivity index (χ2n) is 4.65. The van der Waals surface area contributed by atoms with Gasteiger partial charge in [0.05, 0.1) is 23.9 Å². The van der Waals surface area contributed by atoms with Gasteiger partial charge in [0.2, 0.25) is 0 Å². The Morgan fingerprint density at radius 1 is 1.52 bits per heavy atom. The smallest absolute Gasteiger partial charge is 0.252 e. The maximum absolute atomic E-state index is 11.9. The topological polar surface area (TPSA) is 47.6 Å². The number of nitrogens with zero attached hydrogens (tertiary/aromatic N) is 2. The standard InChI is InChI=1S/C12H16Cl2N4OS2/c1-17-6-18(7-21-12(17)20)5-11(19)16-15-10-3-2-8(13)4-9(10)14/h2-4,12,15,20H,5-7H2,1H3,(H,16,19). The molecule has 1 unspecified atom stereocenters. The van der Waals surface area contributed by atoms with Crippen LogP contribution in [0.25, 0.3) is 0 Å². The van der Waals surface area contributed by atoms with Gasteiger partial charge in [0, 0.05) is 10.9 Å². The molecule has 1 fully saturated rings. The summed E-state index contributed by atoms with van der Waals surface area (Å²) >= 11 is 17.9. The summed E-state index contributed by atoms with van der Waals surface area (Å²) in [6.07, 6.45) is 0. The summed E-state index contributed by atoms with van der Waals surface area (Å²) < 4.78 is 0.176. The molecule has 1 heterocycles. The molecule has 1 aromatic carbocycles. The molecule has 5 nitrogen and oxygen atoms in total. The maximum Gasteiger partial charge on any atom is 0.252 e. The van der Waals surface area contributed by atoms with Crippen molar-refractivity contribution in [2.24, 2.45) is 0 Å². The zero-order chi connectivity index (χ0) is 15.4. The zero-order valence-corrected chi connectivity index (χ0v) is 14.6. The molecule has 0 aliphatic carbocycles. The fourth-order valence-corrected chi connectivity index (χ4v) is 3.36. The fourth-order valence-electron chi connectivity index (χ4n) is 1.79. The van der Waals surface area contributed by atoms with E-state index in [0.29, 0.717) is 28.9 Å². The molecule has 116 valence electrons. The average Bonchev–Trinajstić information content (AvgIpc) is 2.42. The molecule has 1 aromatic rings. The normalized spacial score (nSPS) is 20.3. The molecule has 21 heavy (non-hydrogen) atoms. The van der Waals surface area contributed by atoms with Crippen LogP contribution < -0.4 is 10.9 Å². The predicted molar refractivity (Wildman–Crippen MR) is 92.8 cm³/mol. The van der Waals surface area contributed by atoms with E-state index in [-0.39, 0.29) is 10.6 Å². The Kier molecular flexibility index (Phi) is 6.34. The molecule has 1 saturated heterocycles. The van der Waals surface area contributed by atoms with Crippen LogP contribution >= 0.6 is 47.6 Å². The minimum absolute atomic E-state index is 0.132. The van der Waals surface area contributed by atoms with Gasteiger partial charge in [-0.1, -0.05) is 23.2 Å². The van der Waals surface area contributed by atoms with E-state index in [1.54, 1.807) is 30.0 Å². The lowest BCUT2D eigenvalue weighted by atomic mass is 10.3. The molecule has 0 radical (unpaired) electrons. The van der Waals surface area contributed by atoms with Gasteiger partial charge >= 0.3 is 0 Å². The number of anilines is 1. The van der Waals surface area contributed by atoms with Crippen molar-refractivity contribution in [3.05, 3.63) is 28.2 Å². The van der Waals surface area contributed by atoms with Crippen LogP contribution in [0.4, 0.5) is 5.69 Å². The Balaban J connectivity index is 1.80. The van der Waals surface area contributed by atoms with Crippen molar-refractivity contribution in [3.63, 3.8) is 0 Å². The third-order valence-electron chi connectivity index (χ3n) is 2.84. The van der Waals surface area contributed by atoms with E-state index >= 15 is 0 Å². The molecule has 1 aliphatic heterocycles. The van der Waals surface area contributed by atoms with Crippen molar-refractivity contribution in [2.45, 2.75) is 4.71 Å². The first kappa shape index (κ1) is 17.1. The van der Waals surface area contributed by atoms with Crippen LogP contribution in [-0.4, -0.2) is 46.6 Å². The van der Waals surface area contributed by atoms with Crippen molar-refractivity contribution >= 4 is 59.2 Å². The van der Waals surface area contributed by atoms with Gasteiger partial charge in [-0.3, -0.25) is 25.4 Å². The van der Waals surface area contributed by atoms with Crippen molar-refractivity contribution in [1.29, 1.82) is 0 Å². The third kappa shape index (κ3) is 5.12. The van der Waals surface area contributed by atoms with Gasteiger partial charge < -0.3 is 0 Å². The molecular formula is C12H16Cl2N4OS2. The fraction of sp³-hybridized carbons (Fsp3) is 0.417. The van der Waals surface area contributed by atoms with E-state index in [4.69, 9.17) is 23.2 Å². The second-order valence-corrected chi connectivity index (χ2v) is 7.37. The highest BCUT2D eigenvalue weighted by atomic mass is 35.5. The van der Waals surface area contributed by atoms with Crippen LogP contribution in [0, 0.1) is 0 Å². The van der Waals surface area contributed by atoms with Crippen molar-refractivity contribution < 1.29 is 4.79 Å². The first-order chi connectivity index (χ1) is 9.95. The molecule has 0 bridgehead atoms. The lowest BCUT2D eigenvalue weighted by Gasteiger charge is -2.36. The molecule has 2 rings (SSSR count). The number of hydrogen-bond donors (Lipinski definition) is 3. The highest BCUT2D eigenvalue weighted by Crippen LogP contribution is 2.25. The van der Waals surface area contributed by atoms with Crippen molar-refractivity contribution in [1.82, 2.24) is 15.2 Å². The number of amides is 1. The number of carbonyl (C=O) groups is 1. The largest absolute Gasteiger partial charge is 0.297 e. The van der Waals surface area contributed by atoms with Crippen LogP contribution in [0.3, 0.4) is 0 Å². The SMILES string of the molecule is CN1CN(CC(=O)NNc2ccc(Cl)cc2Cl)CSC1S. The zero-order valence-electron chi connectivity index (χ0n) is 11.3. The lowest BCUT2D eigenvalue weighted by molar-refractivity contribution is -0.122. The van der Waals surface area contributed by atoms with E-state index in [2.05, 4.69) is 28.4 Å². The summed E-state index contributed by atoms with van der Waals surface area (Å²) in [4.78, 5) is 16.0. The van der Waals surface area contributed by atoms with Crippen LogP contribution in [0.15, 0.2) is 18.2 Å². The Labute approximate surface area is 143 Å². The Hall–Kier alpha value is -0.310.